The van der Waals surface area contributed by atoms with Gasteiger partial charge in [0.05, 0.1) is 6.10 Å². The quantitative estimate of drug-likeness (QED) is 0.678. The van der Waals surface area contributed by atoms with Crippen LogP contribution in [0.15, 0.2) is 48.5 Å². The maximum absolute atomic E-state index is 12.3. The number of aliphatic hydroxyl groups excluding tert-OH is 1. The third-order valence-corrected chi connectivity index (χ3v) is 5.37. The fourth-order valence-electron chi connectivity index (χ4n) is 3.95. The van der Waals surface area contributed by atoms with E-state index in [4.69, 9.17) is 0 Å². The number of halogens is 3. The summed E-state index contributed by atoms with van der Waals surface area (Å²) in [6.07, 6.45) is -4.64. The number of alkyl halides is 3. The first-order valence-corrected chi connectivity index (χ1v) is 9.19. The van der Waals surface area contributed by atoms with Gasteiger partial charge in [0, 0.05) is 35.7 Å². The van der Waals surface area contributed by atoms with E-state index < -0.39 is 12.5 Å². The zero-order valence-electron chi connectivity index (χ0n) is 15.3. The summed E-state index contributed by atoms with van der Waals surface area (Å²) in [5.74, 6) is -0.294. The Balaban J connectivity index is 1.47. The molecular formula is C21H21F3N2O2. The van der Waals surface area contributed by atoms with E-state index in [1.54, 1.807) is 0 Å². The highest BCUT2D eigenvalue weighted by atomic mass is 19.4. The lowest BCUT2D eigenvalue weighted by Gasteiger charge is -2.35. The van der Waals surface area contributed by atoms with Gasteiger partial charge < -0.3 is 14.8 Å². The minimum Gasteiger partial charge on any atom is -0.406 e. The molecule has 1 aliphatic rings. The molecule has 0 saturated heterocycles. The number of hydrogen-bond acceptors (Lipinski definition) is 3. The number of rotatable bonds is 4. The molecule has 4 nitrogen and oxygen atoms in total. The number of nitrogens with zero attached hydrogens (tertiary/aromatic N) is 1. The van der Waals surface area contributed by atoms with E-state index in [1.165, 1.54) is 35.2 Å². The Morgan fingerprint density at radius 2 is 1.89 bits per heavy atom. The van der Waals surface area contributed by atoms with Crippen LogP contribution in [0.25, 0.3) is 10.9 Å². The topological polar surface area (TPSA) is 48.5 Å². The summed E-state index contributed by atoms with van der Waals surface area (Å²) >= 11 is 0. The Hall–Kier alpha value is -2.51. The van der Waals surface area contributed by atoms with Gasteiger partial charge in [-0.25, -0.2) is 0 Å². The number of para-hydroxylation sites is 1. The second-order valence-corrected chi connectivity index (χ2v) is 7.12. The first-order chi connectivity index (χ1) is 13.3. The van der Waals surface area contributed by atoms with Gasteiger partial charge in [0.2, 0.25) is 0 Å². The van der Waals surface area contributed by atoms with E-state index in [2.05, 4.69) is 33.7 Å². The molecule has 0 aliphatic carbocycles. The highest BCUT2D eigenvalue weighted by Crippen LogP contribution is 2.35. The van der Waals surface area contributed by atoms with Crippen molar-refractivity contribution in [1.29, 1.82) is 0 Å². The van der Waals surface area contributed by atoms with Crippen molar-refractivity contribution in [2.75, 3.05) is 13.1 Å². The van der Waals surface area contributed by atoms with Gasteiger partial charge in [-0.05, 0) is 42.7 Å². The van der Waals surface area contributed by atoms with E-state index in [9.17, 15) is 18.3 Å². The molecule has 2 atom stereocenters. The SMILES string of the molecule is C[C@H]1c2[nH]c3ccccc3c2CCN1C[C@@H](O)c1ccc(OC(F)(F)F)cc1. The number of aromatic nitrogens is 1. The molecule has 7 heteroatoms. The van der Waals surface area contributed by atoms with Crippen LogP contribution in [-0.2, 0) is 6.42 Å². The van der Waals surface area contributed by atoms with Crippen LogP contribution in [0, 0.1) is 0 Å². The largest absolute Gasteiger partial charge is 0.573 e. The molecule has 0 saturated carbocycles. The molecule has 0 spiro atoms. The van der Waals surface area contributed by atoms with E-state index >= 15 is 0 Å². The Kier molecular flexibility index (Phi) is 4.81. The molecule has 0 amide bonds. The molecule has 0 bridgehead atoms. The van der Waals surface area contributed by atoms with Crippen LogP contribution in [-0.4, -0.2) is 34.4 Å². The van der Waals surface area contributed by atoms with E-state index in [0.29, 0.717) is 12.1 Å². The average Bonchev–Trinajstić information content (AvgIpc) is 3.03. The number of benzene rings is 2. The Morgan fingerprint density at radius 3 is 2.61 bits per heavy atom. The Bertz CT molecular complexity index is 966. The van der Waals surface area contributed by atoms with Gasteiger partial charge in [-0.2, -0.15) is 0 Å². The standard InChI is InChI=1S/C21H21F3N2O2/c1-13-20-17(16-4-2-3-5-18(16)25-20)10-11-26(13)12-19(27)14-6-8-15(9-7-14)28-21(22,23)24/h2-9,13,19,25,27H,10-12H2,1H3/t13-,19+/m0/s1. The summed E-state index contributed by atoms with van der Waals surface area (Å²) in [7, 11) is 0. The fraction of sp³-hybridized carbons (Fsp3) is 0.333. The lowest BCUT2D eigenvalue weighted by molar-refractivity contribution is -0.274. The molecule has 0 fully saturated rings. The summed E-state index contributed by atoms with van der Waals surface area (Å²) in [4.78, 5) is 5.67. The molecule has 2 aromatic carbocycles. The smallest absolute Gasteiger partial charge is 0.406 e. The highest BCUT2D eigenvalue weighted by Gasteiger charge is 2.31. The van der Waals surface area contributed by atoms with Crippen molar-refractivity contribution in [2.45, 2.75) is 31.9 Å². The van der Waals surface area contributed by atoms with Crippen molar-refractivity contribution in [3.63, 3.8) is 0 Å². The average molecular weight is 390 g/mol. The van der Waals surface area contributed by atoms with Crippen molar-refractivity contribution < 1.29 is 23.0 Å². The molecule has 148 valence electrons. The maximum Gasteiger partial charge on any atom is 0.573 e. The molecule has 1 aromatic heterocycles. The van der Waals surface area contributed by atoms with Crippen LogP contribution in [0.5, 0.6) is 5.75 Å². The maximum atomic E-state index is 12.3. The fourth-order valence-corrected chi connectivity index (χ4v) is 3.95. The van der Waals surface area contributed by atoms with Gasteiger partial charge in [0.15, 0.2) is 0 Å². The minimum absolute atomic E-state index is 0.110. The third-order valence-electron chi connectivity index (χ3n) is 5.37. The van der Waals surface area contributed by atoms with Gasteiger partial charge in [-0.3, -0.25) is 4.90 Å². The van der Waals surface area contributed by atoms with E-state index in [1.807, 2.05) is 12.1 Å². The van der Waals surface area contributed by atoms with Crippen molar-refractivity contribution in [2.24, 2.45) is 0 Å². The molecule has 2 heterocycles. The summed E-state index contributed by atoms with van der Waals surface area (Å²) in [6.45, 7) is 3.30. The number of aliphatic hydroxyl groups is 1. The summed E-state index contributed by atoms with van der Waals surface area (Å²) in [5.41, 5.74) is 4.15. The Labute approximate surface area is 160 Å². The number of fused-ring (bicyclic) bond motifs is 3. The molecule has 0 radical (unpaired) electrons. The lowest BCUT2D eigenvalue weighted by Crippen LogP contribution is -2.36. The van der Waals surface area contributed by atoms with Gasteiger partial charge in [-0.15, -0.1) is 13.2 Å². The van der Waals surface area contributed by atoms with Crippen LogP contribution in [0.3, 0.4) is 0 Å². The van der Waals surface area contributed by atoms with Crippen LogP contribution >= 0.6 is 0 Å². The molecule has 3 aromatic rings. The van der Waals surface area contributed by atoms with E-state index in [0.717, 1.165) is 24.2 Å². The lowest BCUT2D eigenvalue weighted by atomic mass is 9.97. The molecule has 4 rings (SSSR count). The van der Waals surface area contributed by atoms with E-state index in [-0.39, 0.29) is 11.8 Å². The number of nitrogens with one attached hydrogen (secondary N) is 1. The highest BCUT2D eigenvalue weighted by molar-refractivity contribution is 5.85. The van der Waals surface area contributed by atoms with Crippen LogP contribution in [0.2, 0.25) is 0 Å². The zero-order valence-corrected chi connectivity index (χ0v) is 15.3. The minimum atomic E-state index is -4.72. The number of aromatic amines is 1. The number of β-amino-alcohol motifs (C(OH)–C–C–N with tert-alkyl or cyclic N) is 1. The molecule has 2 N–H and O–H groups in total. The first-order valence-electron chi connectivity index (χ1n) is 9.19. The predicted molar refractivity (Wildman–Crippen MR) is 100 cm³/mol. The monoisotopic (exact) mass is 390 g/mol. The third kappa shape index (κ3) is 3.72. The number of ether oxygens (including phenoxy) is 1. The van der Waals surface area contributed by atoms with Crippen LogP contribution < -0.4 is 4.74 Å². The van der Waals surface area contributed by atoms with Crippen molar-refractivity contribution in [1.82, 2.24) is 9.88 Å². The Morgan fingerprint density at radius 1 is 1.18 bits per heavy atom. The second-order valence-electron chi connectivity index (χ2n) is 7.12. The van der Waals surface area contributed by atoms with Crippen LogP contribution in [0.1, 0.15) is 35.9 Å². The number of hydrogen-bond donors (Lipinski definition) is 2. The van der Waals surface area contributed by atoms with Gasteiger partial charge in [0.25, 0.3) is 0 Å². The van der Waals surface area contributed by atoms with Gasteiger partial charge in [0.1, 0.15) is 5.75 Å². The molecule has 0 unspecified atom stereocenters. The first kappa shape index (κ1) is 18.8. The summed E-state index contributed by atoms with van der Waals surface area (Å²) < 4.78 is 40.7. The normalized spacial score (nSPS) is 18.8. The molecular weight excluding hydrogens is 369 g/mol. The predicted octanol–water partition coefficient (Wildman–Crippen LogP) is 4.72. The summed E-state index contributed by atoms with van der Waals surface area (Å²) in [5, 5.41) is 11.8. The number of H-pyrrole nitrogens is 1. The van der Waals surface area contributed by atoms with Crippen LogP contribution in [0.4, 0.5) is 13.2 Å². The van der Waals surface area contributed by atoms with Crippen molar-refractivity contribution in [3.8, 4) is 5.75 Å². The van der Waals surface area contributed by atoms with Gasteiger partial charge in [-0.1, -0.05) is 30.3 Å². The van der Waals surface area contributed by atoms with Crippen molar-refractivity contribution >= 4 is 10.9 Å². The molecule has 28 heavy (non-hydrogen) atoms. The second kappa shape index (κ2) is 7.14. The van der Waals surface area contributed by atoms with Crippen molar-refractivity contribution in [3.05, 3.63) is 65.4 Å². The molecule has 1 aliphatic heterocycles. The zero-order chi connectivity index (χ0) is 19.9. The summed E-state index contributed by atoms with van der Waals surface area (Å²) in [6, 6.07) is 13.7. The van der Waals surface area contributed by atoms with Gasteiger partial charge >= 0.3 is 6.36 Å².